The van der Waals surface area contributed by atoms with Crippen molar-refractivity contribution >= 4 is 11.9 Å². The summed E-state index contributed by atoms with van der Waals surface area (Å²) in [6.45, 7) is 4.53. The highest BCUT2D eigenvalue weighted by atomic mass is 16.5. The largest absolute Gasteiger partial charge is 0.481 e. The van der Waals surface area contributed by atoms with Gasteiger partial charge in [-0.1, -0.05) is 191 Å². The van der Waals surface area contributed by atoms with Gasteiger partial charge in [0.05, 0.1) is 0 Å². The van der Waals surface area contributed by atoms with Crippen molar-refractivity contribution < 1.29 is 19.4 Å². The number of rotatable bonds is 41. The van der Waals surface area contributed by atoms with Gasteiger partial charge in [-0.3, -0.25) is 9.59 Å². The molecule has 0 bridgehead atoms. The number of hydrogen-bond acceptors (Lipinski definition) is 3. The predicted molar refractivity (Wildman–Crippen MR) is 227 cm³/mol. The highest BCUT2D eigenvalue weighted by Crippen LogP contribution is 2.19. The number of carboxylic acids is 1. The lowest BCUT2D eigenvalue weighted by Crippen LogP contribution is -2.18. The van der Waals surface area contributed by atoms with E-state index in [-0.39, 0.29) is 18.5 Å². The third-order valence-electron chi connectivity index (χ3n) is 10.1. The van der Waals surface area contributed by atoms with Crippen molar-refractivity contribution in [3.8, 4) is 0 Å². The van der Waals surface area contributed by atoms with E-state index in [1.165, 1.54) is 128 Å². The molecule has 4 heteroatoms. The Bertz CT molecular complexity index is 870. The zero-order valence-electron chi connectivity index (χ0n) is 34.6. The molecule has 0 amide bonds. The topological polar surface area (TPSA) is 63.6 Å². The molecule has 0 aromatic heterocycles. The summed E-state index contributed by atoms with van der Waals surface area (Å²) < 4.78 is 6.00. The summed E-state index contributed by atoms with van der Waals surface area (Å²) in [6.07, 6.45) is 58.5. The van der Waals surface area contributed by atoms with Crippen LogP contribution in [0.3, 0.4) is 0 Å². The van der Waals surface area contributed by atoms with Crippen LogP contribution in [-0.4, -0.2) is 23.1 Å². The molecule has 302 valence electrons. The lowest BCUT2D eigenvalue weighted by atomic mass is 10.0. The van der Waals surface area contributed by atoms with Crippen LogP contribution in [0.1, 0.15) is 239 Å². The van der Waals surface area contributed by atoms with Crippen molar-refractivity contribution in [2.75, 3.05) is 0 Å². The Kier molecular flexibility index (Phi) is 41.6. The minimum atomic E-state index is -0.712. The molecule has 0 spiro atoms. The summed E-state index contributed by atoms with van der Waals surface area (Å²) in [5.74, 6) is -0.738. The number of unbranched alkanes of at least 4 members (excludes halogenated alkanes) is 24. The van der Waals surface area contributed by atoms with Crippen LogP contribution in [0.25, 0.3) is 0 Å². The van der Waals surface area contributed by atoms with E-state index in [0.29, 0.717) is 6.42 Å². The number of carbonyl (C=O) groups excluding carboxylic acids is 1. The van der Waals surface area contributed by atoms with Crippen LogP contribution in [0.15, 0.2) is 48.6 Å². The number of aliphatic carboxylic acids is 1. The molecule has 0 aliphatic rings. The zero-order valence-corrected chi connectivity index (χ0v) is 34.6. The van der Waals surface area contributed by atoms with E-state index in [2.05, 4.69) is 62.5 Å². The van der Waals surface area contributed by atoms with Gasteiger partial charge in [0.1, 0.15) is 6.10 Å². The lowest BCUT2D eigenvalue weighted by Gasteiger charge is -2.18. The second-order valence-corrected chi connectivity index (χ2v) is 15.2. The molecule has 0 aliphatic carbocycles. The Balaban J connectivity index is 3.99. The van der Waals surface area contributed by atoms with E-state index < -0.39 is 5.97 Å². The van der Waals surface area contributed by atoms with Crippen LogP contribution in [0.4, 0.5) is 0 Å². The van der Waals surface area contributed by atoms with Gasteiger partial charge in [-0.15, -0.1) is 0 Å². The lowest BCUT2D eigenvalue weighted by molar-refractivity contribution is -0.150. The first-order valence-electron chi connectivity index (χ1n) is 22.6. The third-order valence-corrected chi connectivity index (χ3v) is 10.1. The van der Waals surface area contributed by atoms with Crippen molar-refractivity contribution in [3.05, 3.63) is 48.6 Å². The van der Waals surface area contributed by atoms with Crippen LogP contribution in [0.5, 0.6) is 0 Å². The Morgan fingerprint density at radius 3 is 1.19 bits per heavy atom. The molecular weight excluding hydrogens is 641 g/mol. The van der Waals surface area contributed by atoms with Gasteiger partial charge < -0.3 is 9.84 Å². The summed E-state index contributed by atoms with van der Waals surface area (Å²) in [4.78, 5) is 23.5. The molecule has 1 atom stereocenters. The van der Waals surface area contributed by atoms with E-state index >= 15 is 0 Å². The Labute approximate surface area is 323 Å². The van der Waals surface area contributed by atoms with E-state index in [9.17, 15) is 9.59 Å². The fourth-order valence-corrected chi connectivity index (χ4v) is 6.70. The molecule has 52 heavy (non-hydrogen) atoms. The Morgan fingerprint density at radius 1 is 0.423 bits per heavy atom. The van der Waals surface area contributed by atoms with Crippen LogP contribution in [0, 0.1) is 0 Å². The number of esters is 1. The monoisotopic (exact) mass is 727 g/mol. The Morgan fingerprint density at radius 2 is 0.750 bits per heavy atom. The van der Waals surface area contributed by atoms with Crippen LogP contribution in [-0.2, 0) is 14.3 Å². The first kappa shape index (κ1) is 49.9. The molecule has 0 heterocycles. The molecule has 1 unspecified atom stereocenters. The van der Waals surface area contributed by atoms with Crippen molar-refractivity contribution in [2.45, 2.75) is 245 Å². The van der Waals surface area contributed by atoms with Gasteiger partial charge in [0, 0.05) is 12.8 Å². The standard InChI is InChI=1S/C48H86O4/c1-3-5-7-9-11-13-15-17-19-20-21-22-23-24-25-27-29-31-33-35-41-45-48(51)52-46(43-39-36-37-40-44-47(49)50)42-38-34-32-30-28-26-18-16-14-12-10-8-6-4-2/h11,13,17,19,21-22,24-25,46H,3-10,12,14-16,18,20,23,26-45H2,1-2H3,(H,49,50)/b13-11-,19-17-,22-21-,25-24-. The number of allylic oxidation sites excluding steroid dienone is 8. The molecule has 0 radical (unpaired) electrons. The fraction of sp³-hybridized carbons (Fsp3) is 0.792. The maximum Gasteiger partial charge on any atom is 0.306 e. The molecule has 0 saturated carbocycles. The van der Waals surface area contributed by atoms with Gasteiger partial charge in [-0.2, -0.15) is 0 Å². The quantitative estimate of drug-likeness (QED) is 0.0387. The molecule has 1 N–H and O–H groups in total. The first-order valence-corrected chi connectivity index (χ1v) is 22.6. The van der Waals surface area contributed by atoms with E-state index in [1.54, 1.807) is 0 Å². The summed E-state index contributed by atoms with van der Waals surface area (Å²) in [7, 11) is 0. The molecular formula is C48H86O4. The van der Waals surface area contributed by atoms with Gasteiger partial charge in [0.15, 0.2) is 0 Å². The molecule has 4 nitrogen and oxygen atoms in total. The van der Waals surface area contributed by atoms with Gasteiger partial charge in [-0.05, 0) is 83.5 Å². The SMILES string of the molecule is CCCCC/C=C\C/C=C\C/C=C\C/C=C\CCCCCCCC(=O)OC(CCCCCCCCCCCCCCCC)CCCCCCC(=O)O. The molecule has 0 fully saturated rings. The zero-order chi connectivity index (χ0) is 37.8. The minimum absolute atomic E-state index is 0.0229. The molecule has 0 aromatic rings. The van der Waals surface area contributed by atoms with E-state index in [0.717, 1.165) is 83.5 Å². The van der Waals surface area contributed by atoms with Gasteiger partial charge in [-0.25, -0.2) is 0 Å². The summed E-state index contributed by atoms with van der Waals surface area (Å²) >= 11 is 0. The second kappa shape index (κ2) is 43.3. The van der Waals surface area contributed by atoms with Crippen molar-refractivity contribution in [2.24, 2.45) is 0 Å². The van der Waals surface area contributed by atoms with E-state index in [4.69, 9.17) is 9.84 Å². The number of ether oxygens (including phenoxy) is 1. The Hall–Kier alpha value is -2.10. The number of carbonyl (C=O) groups is 2. The van der Waals surface area contributed by atoms with Crippen molar-refractivity contribution in [1.82, 2.24) is 0 Å². The summed E-state index contributed by atoms with van der Waals surface area (Å²) in [5.41, 5.74) is 0. The second-order valence-electron chi connectivity index (χ2n) is 15.2. The maximum absolute atomic E-state index is 12.7. The van der Waals surface area contributed by atoms with Gasteiger partial charge in [0.25, 0.3) is 0 Å². The number of hydrogen-bond donors (Lipinski definition) is 1. The van der Waals surface area contributed by atoms with E-state index in [1.807, 2.05) is 0 Å². The fourth-order valence-electron chi connectivity index (χ4n) is 6.70. The smallest absolute Gasteiger partial charge is 0.306 e. The third kappa shape index (κ3) is 42.3. The summed E-state index contributed by atoms with van der Waals surface area (Å²) in [6, 6.07) is 0. The highest BCUT2D eigenvalue weighted by molar-refractivity contribution is 5.69. The average molecular weight is 727 g/mol. The summed E-state index contributed by atoms with van der Waals surface area (Å²) in [5, 5.41) is 8.88. The van der Waals surface area contributed by atoms with Crippen molar-refractivity contribution in [1.29, 1.82) is 0 Å². The van der Waals surface area contributed by atoms with Crippen LogP contribution >= 0.6 is 0 Å². The van der Waals surface area contributed by atoms with Crippen molar-refractivity contribution in [3.63, 3.8) is 0 Å². The molecule has 0 rings (SSSR count). The maximum atomic E-state index is 12.7. The van der Waals surface area contributed by atoms with Gasteiger partial charge in [0.2, 0.25) is 0 Å². The first-order chi connectivity index (χ1) is 25.6. The molecule has 0 saturated heterocycles. The molecule has 0 aromatic carbocycles. The highest BCUT2D eigenvalue weighted by Gasteiger charge is 2.14. The number of carboxylic acid groups (broad SMARTS) is 1. The minimum Gasteiger partial charge on any atom is -0.481 e. The van der Waals surface area contributed by atoms with Gasteiger partial charge >= 0.3 is 11.9 Å². The average Bonchev–Trinajstić information content (AvgIpc) is 3.13. The predicted octanol–water partition coefficient (Wildman–Crippen LogP) is 15.9. The van der Waals surface area contributed by atoms with Crippen LogP contribution in [0.2, 0.25) is 0 Å². The normalized spacial score (nSPS) is 12.7. The molecule has 0 aliphatic heterocycles. The van der Waals surface area contributed by atoms with Crippen LogP contribution < -0.4 is 0 Å².